The Kier molecular flexibility index (Phi) is 5.27. The number of hydrogen-bond donors (Lipinski definition) is 3. The van der Waals surface area contributed by atoms with E-state index in [4.69, 9.17) is 10.5 Å². The zero-order valence-corrected chi connectivity index (χ0v) is 16.2. The first kappa shape index (κ1) is 19.4. The van der Waals surface area contributed by atoms with Crippen LogP contribution in [0.1, 0.15) is 18.4 Å². The van der Waals surface area contributed by atoms with Crippen molar-refractivity contribution in [3.63, 3.8) is 0 Å². The molecule has 3 fully saturated rings. The maximum atomic E-state index is 12.4. The number of hydrogen-bond acceptors (Lipinski definition) is 4. The average Bonchev–Trinajstić information content (AvgIpc) is 3.38. The molecule has 2 bridgehead atoms. The van der Waals surface area contributed by atoms with Crippen molar-refractivity contribution in [2.24, 2.45) is 17.6 Å². The fraction of sp³-hybridized carbons (Fsp3) is 0.476. The summed E-state index contributed by atoms with van der Waals surface area (Å²) < 4.78 is 6.29. The predicted molar refractivity (Wildman–Crippen MR) is 106 cm³/mol. The number of nitrogens with one attached hydrogen (secondary N) is 2. The summed E-state index contributed by atoms with van der Waals surface area (Å²) >= 11 is 0. The van der Waals surface area contributed by atoms with Crippen LogP contribution in [0.5, 0.6) is 0 Å². The molecule has 3 heterocycles. The van der Waals surface area contributed by atoms with Gasteiger partial charge in [0.1, 0.15) is 0 Å². The van der Waals surface area contributed by atoms with Crippen LogP contribution in [0.25, 0.3) is 6.08 Å². The molecule has 4 atom stereocenters. The molecule has 0 aromatic heterocycles. The lowest BCUT2D eigenvalue weighted by molar-refractivity contribution is -0.130. The van der Waals surface area contributed by atoms with Crippen LogP contribution >= 0.6 is 0 Å². The highest BCUT2D eigenvalue weighted by atomic mass is 16.5. The number of nitrogens with zero attached hydrogens (tertiary/aromatic N) is 1. The van der Waals surface area contributed by atoms with Crippen molar-refractivity contribution in [3.05, 3.63) is 42.0 Å². The molecule has 29 heavy (non-hydrogen) atoms. The lowest BCUT2D eigenvalue weighted by Gasteiger charge is -2.29. The average molecular weight is 398 g/mol. The van der Waals surface area contributed by atoms with Gasteiger partial charge in [-0.1, -0.05) is 30.3 Å². The van der Waals surface area contributed by atoms with Gasteiger partial charge in [-0.2, -0.15) is 0 Å². The number of rotatable bonds is 6. The smallest absolute Gasteiger partial charge is 0.312 e. The number of carbonyl (C=O) groups is 3. The van der Waals surface area contributed by atoms with Crippen molar-refractivity contribution >= 4 is 23.9 Å². The highest BCUT2D eigenvalue weighted by Crippen LogP contribution is 2.54. The molecule has 3 saturated heterocycles. The summed E-state index contributed by atoms with van der Waals surface area (Å²) in [5, 5.41) is 5.34. The predicted octanol–water partition coefficient (Wildman–Crippen LogP) is 0.490. The summed E-state index contributed by atoms with van der Waals surface area (Å²) in [4.78, 5) is 37.2. The summed E-state index contributed by atoms with van der Waals surface area (Å²) in [6.07, 6.45) is 5.32. The molecular formula is C21H26N4O4. The van der Waals surface area contributed by atoms with Gasteiger partial charge >= 0.3 is 6.03 Å². The molecule has 3 aliphatic heterocycles. The van der Waals surface area contributed by atoms with Crippen molar-refractivity contribution in [2.45, 2.75) is 24.5 Å². The minimum Gasteiger partial charge on any atom is -0.369 e. The Morgan fingerprint density at radius 2 is 2.03 bits per heavy atom. The number of fused-ring (bicyclic) bond motifs is 1. The van der Waals surface area contributed by atoms with Crippen molar-refractivity contribution in [1.29, 1.82) is 0 Å². The van der Waals surface area contributed by atoms with Crippen molar-refractivity contribution in [3.8, 4) is 0 Å². The van der Waals surface area contributed by atoms with Crippen molar-refractivity contribution in [1.82, 2.24) is 15.5 Å². The van der Waals surface area contributed by atoms with Crippen LogP contribution in [-0.4, -0.2) is 60.6 Å². The Labute approximate surface area is 169 Å². The van der Waals surface area contributed by atoms with Crippen LogP contribution in [0.15, 0.2) is 36.4 Å². The molecule has 0 saturated carbocycles. The van der Waals surface area contributed by atoms with E-state index in [9.17, 15) is 14.4 Å². The van der Waals surface area contributed by atoms with Gasteiger partial charge in [0.15, 0.2) is 0 Å². The lowest BCUT2D eigenvalue weighted by Crippen LogP contribution is -2.42. The summed E-state index contributed by atoms with van der Waals surface area (Å²) in [7, 11) is 0. The maximum Gasteiger partial charge on any atom is 0.312 e. The van der Waals surface area contributed by atoms with Crippen molar-refractivity contribution in [2.75, 3.05) is 26.2 Å². The van der Waals surface area contributed by atoms with Gasteiger partial charge < -0.3 is 26.0 Å². The summed E-state index contributed by atoms with van der Waals surface area (Å²) in [6, 6.07) is 8.95. The molecule has 8 nitrogen and oxygen atoms in total. The lowest BCUT2D eigenvalue weighted by atomic mass is 9.73. The first-order chi connectivity index (χ1) is 14.0. The second-order valence-corrected chi connectivity index (χ2v) is 8.01. The van der Waals surface area contributed by atoms with Gasteiger partial charge in [0, 0.05) is 31.0 Å². The molecule has 1 aromatic carbocycles. The molecule has 3 aliphatic rings. The number of likely N-dealkylation sites (tertiary alicyclic amines) is 1. The van der Waals surface area contributed by atoms with E-state index >= 15 is 0 Å². The minimum atomic E-state index is -0.711. The third-order valence-corrected chi connectivity index (χ3v) is 6.29. The molecule has 4 amide bonds. The second-order valence-electron chi connectivity index (χ2n) is 8.01. The van der Waals surface area contributed by atoms with Gasteiger partial charge in [-0.15, -0.1) is 0 Å². The molecule has 4 rings (SSSR count). The van der Waals surface area contributed by atoms with Gasteiger partial charge in [-0.05, 0) is 24.5 Å². The van der Waals surface area contributed by atoms with Gasteiger partial charge in [0.25, 0.3) is 0 Å². The molecular weight excluding hydrogens is 372 g/mol. The van der Waals surface area contributed by atoms with Crippen LogP contribution in [0.2, 0.25) is 0 Å². The van der Waals surface area contributed by atoms with Gasteiger partial charge in [-0.25, -0.2) is 4.79 Å². The first-order valence-corrected chi connectivity index (χ1v) is 9.97. The Bertz CT molecular complexity index is 827. The van der Waals surface area contributed by atoms with Gasteiger partial charge in [0.2, 0.25) is 11.8 Å². The fourth-order valence-electron chi connectivity index (χ4n) is 4.94. The highest BCUT2D eigenvalue weighted by molar-refractivity contribution is 5.91. The number of ether oxygens (including phenoxy) is 1. The standard InChI is InChI=1S/C21H26N4O4/c22-20(28)24-11-19(27)25-12-16-15(17-8-9-21(16,13-25)29-17)10-23-18(26)7-6-14-4-2-1-3-5-14/h1-7,15-17H,8-13H2,(H,23,26)(H3,22,24,28)/b7-6+/t15-,16+,17+,21+/m0/s1. The Morgan fingerprint density at radius 3 is 2.79 bits per heavy atom. The normalized spacial score (nSPS) is 29.8. The monoisotopic (exact) mass is 398 g/mol. The topological polar surface area (TPSA) is 114 Å². The summed E-state index contributed by atoms with van der Waals surface area (Å²) in [6.45, 7) is 1.53. The number of urea groups is 1. The zero-order valence-electron chi connectivity index (χ0n) is 16.2. The van der Waals surface area contributed by atoms with E-state index in [2.05, 4.69) is 10.6 Å². The number of amides is 4. The third-order valence-electron chi connectivity index (χ3n) is 6.29. The van der Waals surface area contributed by atoms with Crippen LogP contribution in [-0.2, 0) is 14.3 Å². The summed E-state index contributed by atoms with van der Waals surface area (Å²) in [5.41, 5.74) is 5.71. The Hall–Kier alpha value is -2.87. The van der Waals surface area contributed by atoms with Crippen LogP contribution < -0.4 is 16.4 Å². The molecule has 1 spiro atoms. The number of carbonyl (C=O) groups excluding carboxylic acids is 3. The van der Waals surface area contributed by atoms with E-state index in [0.717, 1.165) is 18.4 Å². The molecule has 1 aromatic rings. The SMILES string of the molecule is NC(=O)NCC(=O)N1C[C@@H]2[C@H](CNC(=O)/C=C/c3ccccc3)[C@H]3CC[C@]2(C1)O3. The second kappa shape index (κ2) is 7.87. The molecule has 8 heteroatoms. The minimum absolute atomic E-state index is 0.104. The van der Waals surface area contributed by atoms with E-state index in [0.29, 0.717) is 19.6 Å². The molecule has 154 valence electrons. The first-order valence-electron chi connectivity index (χ1n) is 9.97. The molecule has 0 aliphatic carbocycles. The van der Waals surface area contributed by atoms with E-state index in [1.165, 1.54) is 0 Å². The largest absolute Gasteiger partial charge is 0.369 e. The highest BCUT2D eigenvalue weighted by Gasteiger charge is 2.63. The zero-order chi connectivity index (χ0) is 20.4. The number of benzene rings is 1. The molecule has 4 N–H and O–H groups in total. The van der Waals surface area contributed by atoms with Crippen molar-refractivity contribution < 1.29 is 19.1 Å². The van der Waals surface area contributed by atoms with E-state index in [1.54, 1.807) is 17.1 Å². The van der Waals surface area contributed by atoms with Crippen LogP contribution in [0.4, 0.5) is 4.79 Å². The van der Waals surface area contributed by atoms with Crippen LogP contribution in [0.3, 0.4) is 0 Å². The van der Waals surface area contributed by atoms with Gasteiger partial charge in [-0.3, -0.25) is 9.59 Å². The van der Waals surface area contributed by atoms with E-state index in [1.807, 2.05) is 30.3 Å². The molecule has 0 unspecified atom stereocenters. The number of nitrogens with two attached hydrogens (primary N) is 1. The summed E-state index contributed by atoms with van der Waals surface area (Å²) in [5.74, 6) is 0.0763. The van der Waals surface area contributed by atoms with Crippen LogP contribution in [0, 0.1) is 11.8 Å². The quantitative estimate of drug-likeness (QED) is 0.605. The number of primary amides is 1. The third kappa shape index (κ3) is 3.98. The van der Waals surface area contributed by atoms with Gasteiger partial charge in [0.05, 0.1) is 24.8 Å². The van der Waals surface area contributed by atoms with E-state index in [-0.39, 0.29) is 41.9 Å². The maximum absolute atomic E-state index is 12.4. The Balaban J connectivity index is 1.33. The molecule has 0 radical (unpaired) electrons. The fourth-order valence-corrected chi connectivity index (χ4v) is 4.94. The Morgan fingerprint density at radius 1 is 1.24 bits per heavy atom. The van der Waals surface area contributed by atoms with E-state index < -0.39 is 6.03 Å².